The third kappa shape index (κ3) is 5.25. The van der Waals surface area contributed by atoms with Crippen LogP contribution in [0.5, 0.6) is 0 Å². The molecule has 9 heteroatoms. The number of aromatic nitrogens is 2. The molecule has 0 aromatic carbocycles. The lowest BCUT2D eigenvalue weighted by molar-refractivity contribution is -0.192. The summed E-state index contributed by atoms with van der Waals surface area (Å²) in [6.07, 6.45) is -2.86. The van der Waals surface area contributed by atoms with E-state index in [4.69, 9.17) is 14.4 Å². The number of carboxylic acid groups (broad SMARTS) is 1. The van der Waals surface area contributed by atoms with E-state index in [9.17, 15) is 13.2 Å². The summed E-state index contributed by atoms with van der Waals surface area (Å²) in [4.78, 5) is 13.1. The van der Waals surface area contributed by atoms with E-state index in [1.165, 1.54) is 0 Å². The molecule has 0 amide bonds. The molecule has 0 radical (unpaired) electrons. The summed E-state index contributed by atoms with van der Waals surface area (Å²) < 4.78 is 36.9. The van der Waals surface area contributed by atoms with Crippen molar-refractivity contribution in [1.82, 2.24) is 15.5 Å². The number of nitrogens with one attached hydrogen (secondary N) is 1. The molecule has 0 bridgehead atoms. The Morgan fingerprint density at radius 3 is 2.32 bits per heavy atom. The van der Waals surface area contributed by atoms with Crippen LogP contribution in [0.15, 0.2) is 4.52 Å². The van der Waals surface area contributed by atoms with Crippen LogP contribution in [0.2, 0.25) is 0 Å². The first-order chi connectivity index (χ1) is 8.80. The highest BCUT2D eigenvalue weighted by molar-refractivity contribution is 5.73. The molecule has 0 aliphatic carbocycles. The van der Waals surface area contributed by atoms with Crippen LogP contribution in [0.25, 0.3) is 0 Å². The zero-order chi connectivity index (χ0) is 14.5. The molecule has 19 heavy (non-hydrogen) atoms. The minimum atomic E-state index is -5.08. The van der Waals surface area contributed by atoms with E-state index in [0.29, 0.717) is 5.92 Å². The van der Waals surface area contributed by atoms with Gasteiger partial charge in [0.2, 0.25) is 5.89 Å². The molecule has 1 aromatic rings. The molecule has 6 nitrogen and oxygen atoms in total. The van der Waals surface area contributed by atoms with Gasteiger partial charge in [-0.15, -0.1) is 0 Å². The van der Waals surface area contributed by atoms with Crippen LogP contribution in [0.4, 0.5) is 13.2 Å². The summed E-state index contributed by atoms with van der Waals surface area (Å²) in [6, 6.07) is 0. The summed E-state index contributed by atoms with van der Waals surface area (Å²) in [5.41, 5.74) is 0. The second-order valence-electron chi connectivity index (χ2n) is 4.01. The molecular formula is C10H14F3N3O3. The second kappa shape index (κ2) is 6.50. The third-order valence-electron chi connectivity index (χ3n) is 2.47. The summed E-state index contributed by atoms with van der Waals surface area (Å²) in [5, 5.41) is 14.2. The van der Waals surface area contributed by atoms with Crippen molar-refractivity contribution < 1.29 is 27.6 Å². The molecule has 1 fully saturated rings. The molecular weight excluding hydrogens is 267 g/mol. The lowest BCUT2D eigenvalue weighted by atomic mass is 9.98. The van der Waals surface area contributed by atoms with Gasteiger partial charge in [-0.1, -0.05) is 5.16 Å². The Bertz CT molecular complexity index is 414. The third-order valence-corrected chi connectivity index (χ3v) is 2.47. The number of aliphatic carboxylic acids is 1. The molecule has 1 aliphatic heterocycles. The number of hydrogen-bond acceptors (Lipinski definition) is 5. The molecule has 0 unspecified atom stereocenters. The Kier molecular flexibility index (Phi) is 5.28. The van der Waals surface area contributed by atoms with E-state index in [-0.39, 0.29) is 0 Å². The molecule has 0 spiro atoms. The van der Waals surface area contributed by atoms with Crippen LogP contribution in [0, 0.1) is 6.92 Å². The molecule has 2 heterocycles. The number of piperidine rings is 1. The molecule has 1 aromatic heterocycles. The number of aryl methyl sites for hydroxylation is 1. The van der Waals surface area contributed by atoms with Crippen LogP contribution in [0.3, 0.4) is 0 Å². The first kappa shape index (κ1) is 15.4. The lowest BCUT2D eigenvalue weighted by Crippen LogP contribution is -2.26. The SMILES string of the molecule is Cc1noc(C2CCNCC2)n1.O=C(O)C(F)(F)F. The molecule has 2 N–H and O–H groups in total. The predicted octanol–water partition coefficient (Wildman–Crippen LogP) is 1.48. The molecule has 2 rings (SSSR count). The number of halogens is 3. The quantitative estimate of drug-likeness (QED) is 0.810. The standard InChI is InChI=1S/C8H13N3O.C2HF3O2/c1-6-10-8(12-11-6)7-2-4-9-5-3-7;3-2(4,5)1(6)7/h7,9H,2-5H2,1H3;(H,6,7). The normalized spacial score (nSPS) is 16.6. The van der Waals surface area contributed by atoms with Crippen molar-refractivity contribution in [3.63, 3.8) is 0 Å². The van der Waals surface area contributed by atoms with Crippen molar-refractivity contribution in [2.24, 2.45) is 0 Å². The van der Waals surface area contributed by atoms with Gasteiger partial charge in [0.05, 0.1) is 0 Å². The van der Waals surface area contributed by atoms with Gasteiger partial charge in [-0.05, 0) is 32.9 Å². The smallest absolute Gasteiger partial charge is 0.475 e. The van der Waals surface area contributed by atoms with E-state index >= 15 is 0 Å². The molecule has 1 saturated heterocycles. The number of nitrogens with zero attached hydrogens (tertiary/aromatic N) is 2. The van der Waals surface area contributed by atoms with Crippen molar-refractivity contribution >= 4 is 5.97 Å². The minimum absolute atomic E-state index is 0.479. The monoisotopic (exact) mass is 281 g/mol. The fourth-order valence-electron chi connectivity index (χ4n) is 1.55. The Hall–Kier alpha value is -1.64. The number of hydrogen-bond donors (Lipinski definition) is 2. The number of carbonyl (C=O) groups is 1. The van der Waals surface area contributed by atoms with Gasteiger partial charge in [0.25, 0.3) is 0 Å². The molecule has 1 aliphatic rings. The maximum absolute atomic E-state index is 10.6. The Morgan fingerprint density at radius 1 is 1.42 bits per heavy atom. The van der Waals surface area contributed by atoms with Gasteiger partial charge in [0, 0.05) is 5.92 Å². The highest BCUT2D eigenvalue weighted by Gasteiger charge is 2.38. The van der Waals surface area contributed by atoms with E-state index in [0.717, 1.165) is 37.6 Å². The predicted molar refractivity (Wildman–Crippen MR) is 57.6 cm³/mol. The molecule has 0 saturated carbocycles. The highest BCUT2D eigenvalue weighted by atomic mass is 19.4. The van der Waals surface area contributed by atoms with E-state index in [1.807, 2.05) is 6.92 Å². The van der Waals surface area contributed by atoms with Gasteiger partial charge in [-0.3, -0.25) is 0 Å². The largest absolute Gasteiger partial charge is 0.490 e. The zero-order valence-electron chi connectivity index (χ0n) is 10.2. The van der Waals surface area contributed by atoms with Crippen molar-refractivity contribution in [2.45, 2.75) is 31.9 Å². The number of rotatable bonds is 1. The molecule has 0 atom stereocenters. The van der Waals surface area contributed by atoms with Crippen LogP contribution >= 0.6 is 0 Å². The second-order valence-corrected chi connectivity index (χ2v) is 4.01. The summed E-state index contributed by atoms with van der Waals surface area (Å²) in [6.45, 7) is 3.98. The average Bonchev–Trinajstić information content (AvgIpc) is 2.77. The maximum Gasteiger partial charge on any atom is 0.490 e. The topological polar surface area (TPSA) is 88.3 Å². The van der Waals surface area contributed by atoms with Gasteiger partial charge in [-0.25, -0.2) is 4.79 Å². The van der Waals surface area contributed by atoms with Gasteiger partial charge < -0.3 is 14.9 Å². The summed E-state index contributed by atoms with van der Waals surface area (Å²) in [7, 11) is 0. The summed E-state index contributed by atoms with van der Waals surface area (Å²) in [5.74, 6) is -0.725. The minimum Gasteiger partial charge on any atom is -0.475 e. The van der Waals surface area contributed by atoms with Gasteiger partial charge in [0.1, 0.15) is 0 Å². The fraction of sp³-hybridized carbons (Fsp3) is 0.700. The summed E-state index contributed by atoms with van der Waals surface area (Å²) >= 11 is 0. The van der Waals surface area contributed by atoms with Gasteiger partial charge in [-0.2, -0.15) is 18.2 Å². The van der Waals surface area contributed by atoms with E-state index in [2.05, 4.69) is 15.5 Å². The first-order valence-electron chi connectivity index (χ1n) is 5.61. The van der Waals surface area contributed by atoms with Gasteiger partial charge in [0.15, 0.2) is 5.82 Å². The number of alkyl halides is 3. The zero-order valence-corrected chi connectivity index (χ0v) is 10.2. The van der Waals surface area contributed by atoms with Crippen molar-refractivity contribution in [3.05, 3.63) is 11.7 Å². The first-order valence-corrected chi connectivity index (χ1v) is 5.61. The number of carboxylic acids is 1. The highest BCUT2D eigenvalue weighted by Crippen LogP contribution is 2.22. The maximum atomic E-state index is 10.6. The molecule has 108 valence electrons. The average molecular weight is 281 g/mol. The van der Waals surface area contributed by atoms with Crippen LogP contribution < -0.4 is 5.32 Å². The van der Waals surface area contributed by atoms with E-state index in [1.54, 1.807) is 0 Å². The van der Waals surface area contributed by atoms with Crippen molar-refractivity contribution in [3.8, 4) is 0 Å². The fourth-order valence-corrected chi connectivity index (χ4v) is 1.55. The lowest BCUT2D eigenvalue weighted by Gasteiger charge is -2.18. The van der Waals surface area contributed by atoms with Crippen LogP contribution in [0.1, 0.15) is 30.5 Å². The van der Waals surface area contributed by atoms with E-state index < -0.39 is 12.1 Å². The van der Waals surface area contributed by atoms with Crippen molar-refractivity contribution in [2.75, 3.05) is 13.1 Å². The van der Waals surface area contributed by atoms with Crippen LogP contribution in [-0.4, -0.2) is 40.5 Å². The van der Waals surface area contributed by atoms with Crippen molar-refractivity contribution in [1.29, 1.82) is 0 Å². The Morgan fingerprint density at radius 2 is 1.95 bits per heavy atom. The van der Waals surface area contributed by atoms with Crippen LogP contribution in [-0.2, 0) is 4.79 Å². The van der Waals surface area contributed by atoms with Gasteiger partial charge >= 0.3 is 12.1 Å². The Labute approximate surface area is 107 Å². The Balaban J connectivity index is 0.000000224.